The van der Waals surface area contributed by atoms with Gasteiger partial charge in [-0.05, 0) is 23.8 Å². The molecule has 0 saturated carbocycles. The zero-order valence-electron chi connectivity index (χ0n) is 13.4. The summed E-state index contributed by atoms with van der Waals surface area (Å²) in [7, 11) is 1.62. The molecule has 5 nitrogen and oxygen atoms in total. The number of fused-ring (bicyclic) bond motifs is 1. The van der Waals surface area contributed by atoms with Gasteiger partial charge in [0, 0.05) is 24.3 Å². The standard InChI is InChI=1S/C19H14ClN3O2/c1-23(19(24)25-12-13-5-3-2-4-6-13)15-7-8-16-17(9-15)22-11-14(10-21)18(16)20/h2-9,11H,12H2,1H3. The van der Waals surface area contributed by atoms with Gasteiger partial charge in [-0.3, -0.25) is 9.88 Å². The predicted octanol–water partition coefficient (Wildman–Crippen LogP) is 4.53. The minimum atomic E-state index is -0.469. The van der Waals surface area contributed by atoms with Gasteiger partial charge in [0.25, 0.3) is 0 Å². The summed E-state index contributed by atoms with van der Waals surface area (Å²) in [5, 5.41) is 10.0. The topological polar surface area (TPSA) is 66.2 Å². The minimum Gasteiger partial charge on any atom is -0.444 e. The van der Waals surface area contributed by atoms with Crippen LogP contribution in [-0.2, 0) is 11.3 Å². The van der Waals surface area contributed by atoms with E-state index < -0.39 is 6.09 Å². The van der Waals surface area contributed by atoms with Gasteiger partial charge in [0.1, 0.15) is 12.7 Å². The summed E-state index contributed by atoms with van der Waals surface area (Å²) >= 11 is 6.19. The molecule has 1 heterocycles. The number of aromatic nitrogens is 1. The van der Waals surface area contributed by atoms with Crippen LogP contribution in [0.25, 0.3) is 10.9 Å². The van der Waals surface area contributed by atoms with Crippen molar-refractivity contribution in [2.24, 2.45) is 0 Å². The number of hydrogen-bond acceptors (Lipinski definition) is 4. The van der Waals surface area contributed by atoms with Crippen LogP contribution < -0.4 is 4.90 Å². The van der Waals surface area contributed by atoms with Gasteiger partial charge in [-0.15, -0.1) is 0 Å². The molecule has 3 rings (SSSR count). The summed E-state index contributed by atoms with van der Waals surface area (Å²) in [5.41, 5.74) is 2.46. The molecule has 0 radical (unpaired) electrons. The Hall–Kier alpha value is -3.10. The summed E-state index contributed by atoms with van der Waals surface area (Å²) in [6, 6.07) is 16.7. The highest BCUT2D eigenvalue weighted by Crippen LogP contribution is 2.28. The molecule has 0 aliphatic heterocycles. The van der Waals surface area contributed by atoms with E-state index in [4.69, 9.17) is 21.6 Å². The van der Waals surface area contributed by atoms with E-state index in [0.717, 1.165) is 5.56 Å². The third-order valence-electron chi connectivity index (χ3n) is 3.77. The molecular formula is C19H14ClN3O2. The molecule has 0 fully saturated rings. The zero-order chi connectivity index (χ0) is 17.8. The highest BCUT2D eigenvalue weighted by atomic mass is 35.5. The summed E-state index contributed by atoms with van der Waals surface area (Å²) in [4.78, 5) is 17.9. The molecule has 0 N–H and O–H groups in total. The first-order valence-electron chi connectivity index (χ1n) is 7.53. The lowest BCUT2D eigenvalue weighted by atomic mass is 10.1. The van der Waals surface area contributed by atoms with Gasteiger partial charge in [-0.2, -0.15) is 5.26 Å². The van der Waals surface area contributed by atoms with Crippen LogP contribution in [0.1, 0.15) is 11.1 Å². The number of benzene rings is 2. The largest absolute Gasteiger partial charge is 0.444 e. The van der Waals surface area contributed by atoms with Crippen molar-refractivity contribution >= 4 is 34.3 Å². The maximum atomic E-state index is 12.2. The molecule has 2 aromatic carbocycles. The van der Waals surface area contributed by atoms with Crippen molar-refractivity contribution in [1.29, 1.82) is 5.26 Å². The molecule has 0 spiro atoms. The first kappa shape index (κ1) is 16.7. The van der Waals surface area contributed by atoms with Crippen LogP contribution in [0, 0.1) is 11.3 Å². The monoisotopic (exact) mass is 351 g/mol. The molecule has 0 aliphatic carbocycles. The normalized spacial score (nSPS) is 10.3. The average molecular weight is 352 g/mol. The number of halogens is 1. The van der Waals surface area contributed by atoms with E-state index in [-0.39, 0.29) is 6.61 Å². The average Bonchev–Trinajstić information content (AvgIpc) is 2.66. The quantitative estimate of drug-likeness (QED) is 0.695. The SMILES string of the molecule is CN(C(=O)OCc1ccccc1)c1ccc2c(Cl)c(C#N)cnc2c1. The van der Waals surface area contributed by atoms with Crippen LogP contribution in [0.3, 0.4) is 0 Å². The number of rotatable bonds is 3. The molecule has 0 bridgehead atoms. The lowest BCUT2D eigenvalue weighted by molar-refractivity contribution is 0.148. The number of pyridine rings is 1. The predicted molar refractivity (Wildman–Crippen MR) is 96.5 cm³/mol. The van der Waals surface area contributed by atoms with Crippen LogP contribution in [-0.4, -0.2) is 18.1 Å². The Morgan fingerprint density at radius 1 is 1.28 bits per heavy atom. The Morgan fingerprint density at radius 3 is 2.76 bits per heavy atom. The van der Waals surface area contributed by atoms with Gasteiger partial charge in [-0.25, -0.2) is 4.79 Å². The third kappa shape index (κ3) is 3.54. The van der Waals surface area contributed by atoms with E-state index in [1.165, 1.54) is 11.1 Å². The van der Waals surface area contributed by atoms with Crippen LogP contribution in [0.15, 0.2) is 54.7 Å². The fourth-order valence-corrected chi connectivity index (χ4v) is 2.61. The van der Waals surface area contributed by atoms with E-state index in [0.29, 0.717) is 27.2 Å². The maximum absolute atomic E-state index is 12.2. The molecule has 124 valence electrons. The van der Waals surface area contributed by atoms with Crippen molar-refractivity contribution in [3.63, 3.8) is 0 Å². The number of carbonyl (C=O) groups is 1. The van der Waals surface area contributed by atoms with Crippen molar-refractivity contribution in [3.8, 4) is 6.07 Å². The van der Waals surface area contributed by atoms with Crippen molar-refractivity contribution in [2.45, 2.75) is 6.61 Å². The summed E-state index contributed by atoms with van der Waals surface area (Å²) in [6.07, 6.45) is 0.949. The highest BCUT2D eigenvalue weighted by Gasteiger charge is 2.14. The number of amides is 1. The molecule has 3 aromatic rings. The van der Waals surface area contributed by atoms with E-state index in [2.05, 4.69) is 4.98 Å². The second-order valence-corrected chi connectivity index (χ2v) is 5.78. The minimum absolute atomic E-state index is 0.202. The van der Waals surface area contributed by atoms with Crippen LogP contribution >= 0.6 is 11.6 Å². The van der Waals surface area contributed by atoms with Crippen LogP contribution in [0.2, 0.25) is 5.02 Å². The van der Waals surface area contributed by atoms with Gasteiger partial charge in [0.15, 0.2) is 0 Å². The number of nitriles is 1. The number of hydrogen-bond donors (Lipinski definition) is 0. The first-order chi connectivity index (χ1) is 12.1. The molecule has 25 heavy (non-hydrogen) atoms. The van der Waals surface area contributed by atoms with Crippen molar-refractivity contribution in [3.05, 3.63) is 70.9 Å². The summed E-state index contributed by atoms with van der Waals surface area (Å²) < 4.78 is 5.31. The maximum Gasteiger partial charge on any atom is 0.414 e. The molecule has 6 heteroatoms. The lowest BCUT2D eigenvalue weighted by Gasteiger charge is -2.17. The van der Waals surface area contributed by atoms with Gasteiger partial charge in [0.2, 0.25) is 0 Å². The lowest BCUT2D eigenvalue weighted by Crippen LogP contribution is -2.26. The fraction of sp³-hybridized carbons (Fsp3) is 0.105. The Morgan fingerprint density at radius 2 is 2.04 bits per heavy atom. The van der Waals surface area contributed by atoms with E-state index in [1.807, 2.05) is 36.4 Å². The van der Waals surface area contributed by atoms with Crippen LogP contribution in [0.4, 0.5) is 10.5 Å². The van der Waals surface area contributed by atoms with Crippen molar-refractivity contribution < 1.29 is 9.53 Å². The Balaban J connectivity index is 1.78. The van der Waals surface area contributed by atoms with Gasteiger partial charge >= 0.3 is 6.09 Å². The van der Waals surface area contributed by atoms with E-state index in [1.54, 1.807) is 25.2 Å². The Labute approximate surface area is 150 Å². The molecule has 0 saturated heterocycles. The zero-order valence-corrected chi connectivity index (χ0v) is 14.2. The molecule has 1 aromatic heterocycles. The van der Waals surface area contributed by atoms with Crippen molar-refractivity contribution in [1.82, 2.24) is 4.98 Å². The first-order valence-corrected chi connectivity index (χ1v) is 7.90. The number of carbonyl (C=O) groups excluding carboxylic acids is 1. The summed E-state index contributed by atoms with van der Waals surface area (Å²) in [6.45, 7) is 0.202. The molecule has 0 aliphatic rings. The van der Waals surface area contributed by atoms with Gasteiger partial charge < -0.3 is 4.74 Å². The molecule has 1 amide bonds. The van der Waals surface area contributed by atoms with Crippen LogP contribution in [0.5, 0.6) is 0 Å². The van der Waals surface area contributed by atoms with Gasteiger partial charge in [0.05, 0.1) is 16.1 Å². The van der Waals surface area contributed by atoms with Gasteiger partial charge in [-0.1, -0.05) is 41.9 Å². The van der Waals surface area contributed by atoms with E-state index in [9.17, 15) is 4.79 Å². The smallest absolute Gasteiger partial charge is 0.414 e. The number of anilines is 1. The van der Waals surface area contributed by atoms with Crippen molar-refractivity contribution in [2.75, 3.05) is 11.9 Å². The molecular weight excluding hydrogens is 338 g/mol. The second-order valence-electron chi connectivity index (χ2n) is 5.40. The number of nitrogens with zero attached hydrogens (tertiary/aromatic N) is 3. The van der Waals surface area contributed by atoms with E-state index >= 15 is 0 Å². The fourth-order valence-electron chi connectivity index (χ4n) is 2.36. The third-order valence-corrected chi connectivity index (χ3v) is 4.18. The molecule has 0 unspecified atom stereocenters. The second kappa shape index (κ2) is 7.20. The summed E-state index contributed by atoms with van der Waals surface area (Å²) in [5.74, 6) is 0. The Bertz CT molecular complexity index is 968. The highest BCUT2D eigenvalue weighted by molar-refractivity contribution is 6.36. The molecule has 0 atom stereocenters. The number of ether oxygens (including phenoxy) is 1. The Kier molecular flexibility index (Phi) is 4.82.